The van der Waals surface area contributed by atoms with Gasteiger partial charge in [0.25, 0.3) is 0 Å². The smallest absolute Gasteiger partial charge is 0.145 e. The Balaban J connectivity index is 2.01. The van der Waals surface area contributed by atoms with Crippen LogP contribution in [0.1, 0.15) is 12.8 Å². The second-order valence-corrected chi connectivity index (χ2v) is 3.54. The van der Waals surface area contributed by atoms with E-state index in [2.05, 4.69) is 20.3 Å². The van der Waals surface area contributed by atoms with E-state index in [9.17, 15) is 0 Å². The second-order valence-electron chi connectivity index (χ2n) is 3.54. The quantitative estimate of drug-likeness (QED) is 0.774. The highest BCUT2D eigenvalue weighted by molar-refractivity contribution is 5.74. The van der Waals surface area contributed by atoms with Crippen molar-refractivity contribution in [2.24, 2.45) is 0 Å². The molecule has 1 N–H and O–H groups in total. The number of nitrogens with one attached hydrogen (secondary N) is 1. The zero-order chi connectivity index (χ0) is 9.38. The van der Waals surface area contributed by atoms with Crippen LogP contribution in [0.2, 0.25) is 0 Å². The predicted molar refractivity (Wildman–Crippen MR) is 54.0 cm³/mol. The molecule has 3 rings (SSSR count). The molecule has 70 valence electrons. The lowest BCUT2D eigenvalue weighted by Crippen LogP contribution is -2.03. The van der Waals surface area contributed by atoms with E-state index >= 15 is 0 Å². The Morgan fingerprint density at radius 1 is 1.21 bits per heavy atom. The summed E-state index contributed by atoms with van der Waals surface area (Å²) in [6.45, 7) is 0. The van der Waals surface area contributed by atoms with Crippen molar-refractivity contribution in [2.45, 2.75) is 18.9 Å². The van der Waals surface area contributed by atoms with Crippen molar-refractivity contribution in [2.75, 3.05) is 5.32 Å². The second kappa shape index (κ2) is 2.90. The van der Waals surface area contributed by atoms with Crippen molar-refractivity contribution in [3.63, 3.8) is 0 Å². The Bertz CT molecular complexity index is 464. The fourth-order valence-corrected chi connectivity index (χ4v) is 1.37. The summed E-state index contributed by atoms with van der Waals surface area (Å²) in [4.78, 5) is 12.7. The zero-order valence-corrected chi connectivity index (χ0v) is 7.64. The molecule has 0 amide bonds. The number of rotatable bonds is 2. The molecule has 2 aromatic rings. The number of hydrogen-bond donors (Lipinski definition) is 1. The van der Waals surface area contributed by atoms with Crippen LogP contribution in [0.5, 0.6) is 0 Å². The molecule has 1 aliphatic carbocycles. The van der Waals surface area contributed by atoms with Crippen LogP contribution in [0.4, 0.5) is 5.82 Å². The van der Waals surface area contributed by atoms with Crippen molar-refractivity contribution >= 4 is 16.9 Å². The van der Waals surface area contributed by atoms with Crippen molar-refractivity contribution in [3.05, 3.63) is 24.7 Å². The minimum absolute atomic E-state index is 0.614. The molecule has 14 heavy (non-hydrogen) atoms. The van der Waals surface area contributed by atoms with E-state index in [-0.39, 0.29) is 0 Å². The summed E-state index contributed by atoms with van der Waals surface area (Å²) in [5, 5.41) is 3.31. The normalized spacial score (nSPS) is 15.7. The fourth-order valence-electron chi connectivity index (χ4n) is 1.37. The molecular weight excluding hydrogens is 176 g/mol. The average molecular weight is 186 g/mol. The van der Waals surface area contributed by atoms with Crippen molar-refractivity contribution in [1.29, 1.82) is 0 Å². The molecule has 0 unspecified atom stereocenters. The molecule has 1 saturated carbocycles. The van der Waals surface area contributed by atoms with Gasteiger partial charge in [0.05, 0.1) is 17.9 Å². The molecule has 0 atom stereocenters. The van der Waals surface area contributed by atoms with E-state index in [0.717, 1.165) is 16.9 Å². The van der Waals surface area contributed by atoms with Crippen LogP contribution in [0, 0.1) is 0 Å². The average Bonchev–Trinajstić information content (AvgIpc) is 3.02. The molecule has 0 aliphatic heterocycles. The summed E-state index contributed by atoms with van der Waals surface area (Å²) in [5.74, 6) is 0.867. The molecule has 2 heterocycles. The van der Waals surface area contributed by atoms with E-state index in [1.165, 1.54) is 12.8 Å². The molecule has 2 aromatic heterocycles. The SMILES string of the molecule is c1cc2nc(NC3CC3)cnc2cn1. The van der Waals surface area contributed by atoms with Gasteiger partial charge < -0.3 is 5.32 Å². The third-order valence-corrected chi connectivity index (χ3v) is 2.27. The maximum Gasteiger partial charge on any atom is 0.145 e. The summed E-state index contributed by atoms with van der Waals surface area (Å²) in [5.41, 5.74) is 1.74. The highest BCUT2D eigenvalue weighted by atomic mass is 15.1. The molecular formula is C10H10N4. The van der Waals surface area contributed by atoms with Gasteiger partial charge in [0.2, 0.25) is 0 Å². The van der Waals surface area contributed by atoms with Crippen molar-refractivity contribution in [1.82, 2.24) is 15.0 Å². The lowest BCUT2D eigenvalue weighted by Gasteiger charge is -2.03. The number of anilines is 1. The summed E-state index contributed by atoms with van der Waals surface area (Å²) < 4.78 is 0. The van der Waals surface area contributed by atoms with Crippen LogP contribution in [0.3, 0.4) is 0 Å². The Hall–Kier alpha value is -1.71. The number of pyridine rings is 1. The maximum atomic E-state index is 4.44. The molecule has 0 saturated heterocycles. The summed E-state index contributed by atoms with van der Waals surface area (Å²) in [6, 6.07) is 2.49. The third-order valence-electron chi connectivity index (χ3n) is 2.27. The predicted octanol–water partition coefficient (Wildman–Crippen LogP) is 1.60. The monoisotopic (exact) mass is 186 g/mol. The minimum Gasteiger partial charge on any atom is -0.366 e. The first kappa shape index (κ1) is 7.67. The van der Waals surface area contributed by atoms with E-state index in [1.54, 1.807) is 18.6 Å². The summed E-state index contributed by atoms with van der Waals surface area (Å²) >= 11 is 0. The number of hydrogen-bond acceptors (Lipinski definition) is 4. The van der Waals surface area contributed by atoms with Crippen molar-refractivity contribution < 1.29 is 0 Å². The molecule has 1 aliphatic rings. The van der Waals surface area contributed by atoms with Gasteiger partial charge in [-0.05, 0) is 18.9 Å². The van der Waals surface area contributed by atoms with Crippen molar-refractivity contribution in [3.8, 4) is 0 Å². The van der Waals surface area contributed by atoms with Gasteiger partial charge in [0.1, 0.15) is 11.3 Å². The Labute approximate surface area is 81.4 Å². The summed E-state index contributed by atoms with van der Waals surface area (Å²) in [7, 11) is 0. The van der Waals surface area contributed by atoms with Gasteiger partial charge in [0, 0.05) is 12.2 Å². The van der Waals surface area contributed by atoms with Crippen LogP contribution >= 0.6 is 0 Å². The van der Waals surface area contributed by atoms with Gasteiger partial charge in [-0.2, -0.15) is 0 Å². The highest BCUT2D eigenvalue weighted by Gasteiger charge is 2.21. The van der Waals surface area contributed by atoms with Crippen LogP contribution in [-0.2, 0) is 0 Å². The Morgan fingerprint density at radius 3 is 3.00 bits per heavy atom. The zero-order valence-electron chi connectivity index (χ0n) is 7.64. The van der Waals surface area contributed by atoms with E-state index in [4.69, 9.17) is 0 Å². The molecule has 4 nitrogen and oxygen atoms in total. The van der Waals surface area contributed by atoms with E-state index < -0.39 is 0 Å². The molecule has 0 bridgehead atoms. The Morgan fingerprint density at radius 2 is 2.14 bits per heavy atom. The van der Waals surface area contributed by atoms with Gasteiger partial charge >= 0.3 is 0 Å². The number of aromatic nitrogens is 3. The van der Waals surface area contributed by atoms with E-state index in [0.29, 0.717) is 6.04 Å². The van der Waals surface area contributed by atoms with E-state index in [1.807, 2.05) is 6.07 Å². The molecule has 0 spiro atoms. The molecule has 4 heteroatoms. The summed E-state index contributed by atoms with van der Waals surface area (Å²) in [6.07, 6.45) is 7.72. The highest BCUT2D eigenvalue weighted by Crippen LogP contribution is 2.23. The van der Waals surface area contributed by atoms with Crippen LogP contribution in [0.15, 0.2) is 24.7 Å². The minimum atomic E-state index is 0.614. The molecule has 1 fully saturated rings. The first-order chi connectivity index (χ1) is 6.92. The van der Waals surface area contributed by atoms with Gasteiger partial charge in [-0.25, -0.2) is 9.97 Å². The van der Waals surface area contributed by atoms with Crippen LogP contribution in [0.25, 0.3) is 11.0 Å². The largest absolute Gasteiger partial charge is 0.366 e. The Kier molecular flexibility index (Phi) is 1.59. The van der Waals surface area contributed by atoms with Gasteiger partial charge in [0.15, 0.2) is 0 Å². The fraction of sp³-hybridized carbons (Fsp3) is 0.300. The lowest BCUT2D eigenvalue weighted by atomic mass is 10.4. The lowest BCUT2D eigenvalue weighted by molar-refractivity contribution is 1.11. The molecule has 0 radical (unpaired) electrons. The van der Waals surface area contributed by atoms with Crippen LogP contribution < -0.4 is 5.32 Å². The van der Waals surface area contributed by atoms with Gasteiger partial charge in [-0.15, -0.1) is 0 Å². The first-order valence-corrected chi connectivity index (χ1v) is 4.75. The third kappa shape index (κ3) is 1.39. The topological polar surface area (TPSA) is 50.7 Å². The van der Waals surface area contributed by atoms with Gasteiger partial charge in [-0.3, -0.25) is 4.98 Å². The first-order valence-electron chi connectivity index (χ1n) is 4.75. The maximum absolute atomic E-state index is 4.44. The number of fused-ring (bicyclic) bond motifs is 1. The van der Waals surface area contributed by atoms with Crippen LogP contribution in [-0.4, -0.2) is 21.0 Å². The van der Waals surface area contributed by atoms with Gasteiger partial charge in [-0.1, -0.05) is 0 Å². The molecule has 0 aromatic carbocycles. The number of nitrogens with zero attached hydrogens (tertiary/aromatic N) is 3. The standard InChI is InChI=1S/C10H10N4/c1-2-7(1)13-10-6-12-9-5-11-4-3-8(9)14-10/h3-7H,1-2H2,(H,13,14).